The van der Waals surface area contributed by atoms with Crippen molar-refractivity contribution >= 4 is 56.9 Å². The number of fused-ring (bicyclic) bond motifs is 5. The number of benzene rings is 6. The SMILES string of the molecule is S=P(C1=C(P(=S)(c2ccccc2)c2ccccc2)C2(N=N1)c1ccccc1-c1ccccc12)(c1ccccc1)c1ccccc1. The summed E-state index contributed by atoms with van der Waals surface area (Å²) in [7, 11) is 0. The van der Waals surface area contributed by atoms with Crippen molar-refractivity contribution in [3.63, 3.8) is 0 Å². The van der Waals surface area contributed by atoms with Crippen LogP contribution in [-0.2, 0) is 29.2 Å². The minimum absolute atomic E-state index is 0.859. The van der Waals surface area contributed by atoms with Gasteiger partial charge in [-0.1, -0.05) is 193 Å². The maximum Gasteiger partial charge on any atom is 0.162 e. The van der Waals surface area contributed by atoms with Gasteiger partial charge in [-0.25, -0.2) is 0 Å². The highest BCUT2D eigenvalue weighted by Gasteiger charge is 2.57. The molecule has 0 aromatic heterocycles. The molecule has 216 valence electrons. The standard InChI is InChI=1S/C39H28N2P2S2/c44-42(29-17-5-1-6-18-29,30-19-7-2-8-20-30)37-38(43(45,31-21-9-3-10-22-31)32-23-11-4-12-24-32)40-41-39(37)35-27-15-13-25-33(35)34-26-14-16-28-36(34)39/h1-28H. The molecule has 1 aliphatic carbocycles. The van der Waals surface area contributed by atoms with Gasteiger partial charge in [0.05, 0.1) is 6.04 Å². The fourth-order valence-electron chi connectivity index (χ4n) is 6.89. The molecule has 6 aromatic rings. The molecule has 6 heteroatoms. The smallest absolute Gasteiger partial charge is 0.162 e. The normalized spacial score (nSPS) is 14.8. The molecule has 2 aliphatic rings. The highest BCUT2D eigenvalue weighted by molar-refractivity contribution is 8.26. The molecule has 0 atom stereocenters. The van der Waals surface area contributed by atoms with E-state index in [2.05, 4.69) is 158 Å². The van der Waals surface area contributed by atoms with Crippen molar-refractivity contribution in [2.45, 2.75) is 5.54 Å². The van der Waals surface area contributed by atoms with E-state index in [-0.39, 0.29) is 0 Å². The third-order valence-electron chi connectivity index (χ3n) is 8.87. The molecular weight excluding hydrogens is 623 g/mol. The van der Waals surface area contributed by atoms with E-state index in [0.29, 0.717) is 0 Å². The van der Waals surface area contributed by atoms with E-state index in [1.54, 1.807) is 0 Å². The highest BCUT2D eigenvalue weighted by Crippen LogP contribution is 2.73. The van der Waals surface area contributed by atoms with Gasteiger partial charge >= 0.3 is 0 Å². The fourth-order valence-corrected chi connectivity index (χ4v) is 16.4. The van der Waals surface area contributed by atoms with Crippen molar-refractivity contribution in [1.82, 2.24) is 0 Å². The summed E-state index contributed by atoms with van der Waals surface area (Å²) in [4.78, 5) is 0. The van der Waals surface area contributed by atoms with Crippen LogP contribution in [0.25, 0.3) is 11.1 Å². The molecule has 0 fully saturated rings. The van der Waals surface area contributed by atoms with Crippen LogP contribution in [0.2, 0.25) is 0 Å². The molecule has 0 radical (unpaired) electrons. The Morgan fingerprint density at radius 3 is 1.13 bits per heavy atom. The van der Waals surface area contributed by atoms with Crippen LogP contribution in [0, 0.1) is 0 Å². The predicted octanol–water partition coefficient (Wildman–Crippen LogP) is 8.81. The van der Waals surface area contributed by atoms with Gasteiger partial charge in [0.2, 0.25) is 0 Å². The molecule has 0 amide bonds. The van der Waals surface area contributed by atoms with E-state index < -0.39 is 17.6 Å². The van der Waals surface area contributed by atoms with Crippen molar-refractivity contribution in [3.8, 4) is 11.1 Å². The van der Waals surface area contributed by atoms with Gasteiger partial charge in [-0.05, 0) is 43.5 Å². The third-order valence-corrected chi connectivity index (χ3v) is 18.8. The van der Waals surface area contributed by atoms with Gasteiger partial charge in [0, 0.05) is 11.4 Å². The van der Waals surface area contributed by atoms with Gasteiger partial charge < -0.3 is 0 Å². The van der Waals surface area contributed by atoms with Crippen LogP contribution in [0.3, 0.4) is 0 Å². The van der Waals surface area contributed by atoms with Gasteiger partial charge in [0.15, 0.2) is 5.54 Å². The molecule has 2 nitrogen and oxygen atoms in total. The fraction of sp³-hybridized carbons (Fsp3) is 0.0256. The average molecular weight is 651 g/mol. The minimum Gasteiger partial charge on any atom is -0.167 e. The topological polar surface area (TPSA) is 24.7 Å². The summed E-state index contributed by atoms with van der Waals surface area (Å²) in [6.07, 6.45) is 0. The van der Waals surface area contributed by atoms with Gasteiger partial charge in [0.1, 0.15) is 5.44 Å². The number of hydrogen-bond donors (Lipinski definition) is 0. The molecule has 6 aromatic carbocycles. The first-order valence-corrected chi connectivity index (χ1v) is 20.5. The van der Waals surface area contributed by atoms with Crippen LogP contribution in [0.1, 0.15) is 11.1 Å². The first kappa shape index (κ1) is 28.4. The molecule has 8 rings (SSSR count). The molecule has 0 bridgehead atoms. The van der Waals surface area contributed by atoms with Crippen molar-refractivity contribution in [2.24, 2.45) is 10.2 Å². The number of azo groups is 1. The molecule has 45 heavy (non-hydrogen) atoms. The minimum atomic E-state index is -2.80. The lowest BCUT2D eigenvalue weighted by molar-refractivity contribution is 0.678. The van der Waals surface area contributed by atoms with Gasteiger partial charge in [0.25, 0.3) is 0 Å². The monoisotopic (exact) mass is 650 g/mol. The van der Waals surface area contributed by atoms with E-state index in [4.69, 9.17) is 33.8 Å². The first-order chi connectivity index (χ1) is 22.1. The van der Waals surface area contributed by atoms with Gasteiger partial charge in [-0.3, -0.25) is 0 Å². The molecule has 1 heterocycles. The molecule has 0 unspecified atom stereocenters. The summed E-state index contributed by atoms with van der Waals surface area (Å²) in [6, 6.07) is 53.9. The van der Waals surface area contributed by atoms with Crippen LogP contribution in [0.4, 0.5) is 0 Å². The Bertz CT molecular complexity index is 2080. The van der Waals surface area contributed by atoms with E-state index in [0.717, 1.165) is 43.1 Å². The Kier molecular flexibility index (Phi) is 7.01. The Labute approximate surface area is 274 Å². The Hall–Kier alpha value is -4.04. The van der Waals surface area contributed by atoms with Gasteiger partial charge in [-0.15, -0.1) is 0 Å². The molecule has 0 N–H and O–H groups in total. The second kappa shape index (κ2) is 11.1. The maximum atomic E-state index is 7.21. The Morgan fingerprint density at radius 1 is 0.400 bits per heavy atom. The average Bonchev–Trinajstić information content (AvgIpc) is 3.67. The van der Waals surface area contributed by atoms with E-state index in [1.165, 1.54) is 11.1 Å². The molecular formula is C39H28N2P2S2. The number of hydrogen-bond acceptors (Lipinski definition) is 4. The lowest BCUT2D eigenvalue weighted by Gasteiger charge is -2.37. The summed E-state index contributed by atoms with van der Waals surface area (Å²) in [5.41, 5.74) is 4.52. The molecule has 1 aliphatic heterocycles. The zero-order valence-corrected chi connectivity index (χ0v) is 27.7. The van der Waals surface area contributed by atoms with E-state index >= 15 is 0 Å². The second-order valence-corrected chi connectivity index (χ2v) is 19.9. The summed E-state index contributed by atoms with van der Waals surface area (Å²) in [5, 5.41) is 16.2. The number of nitrogens with zero attached hydrogens (tertiary/aromatic N) is 2. The number of rotatable bonds is 6. The van der Waals surface area contributed by atoms with Crippen LogP contribution in [0.5, 0.6) is 0 Å². The zero-order valence-electron chi connectivity index (χ0n) is 24.3. The molecule has 0 saturated heterocycles. The lowest BCUT2D eigenvalue weighted by Crippen LogP contribution is -2.30. The summed E-state index contributed by atoms with van der Waals surface area (Å²) < 4.78 is 0. The van der Waals surface area contributed by atoms with Crippen molar-refractivity contribution in [3.05, 3.63) is 192 Å². The quantitative estimate of drug-likeness (QED) is 0.168. The summed E-state index contributed by atoms with van der Waals surface area (Å²) in [6.45, 7) is 0. The van der Waals surface area contributed by atoms with E-state index in [9.17, 15) is 0 Å². The van der Waals surface area contributed by atoms with Crippen molar-refractivity contribution in [1.29, 1.82) is 0 Å². The van der Waals surface area contributed by atoms with Crippen LogP contribution in [-0.4, -0.2) is 0 Å². The summed E-state index contributed by atoms with van der Waals surface area (Å²) >= 11 is 14.2. The molecule has 1 spiro atoms. The van der Waals surface area contributed by atoms with Crippen LogP contribution in [0.15, 0.2) is 191 Å². The lowest BCUT2D eigenvalue weighted by atomic mass is 9.88. The van der Waals surface area contributed by atoms with Crippen LogP contribution >= 0.6 is 12.1 Å². The zero-order chi connectivity index (χ0) is 30.5. The molecule has 0 saturated carbocycles. The highest BCUT2D eigenvalue weighted by atomic mass is 32.4. The first-order valence-electron chi connectivity index (χ1n) is 14.9. The summed E-state index contributed by atoms with van der Waals surface area (Å²) in [5.74, 6) is 0. The second-order valence-electron chi connectivity index (χ2n) is 11.2. The Balaban J connectivity index is 1.60. The predicted molar refractivity (Wildman–Crippen MR) is 197 cm³/mol. The van der Waals surface area contributed by atoms with Gasteiger partial charge in [-0.2, -0.15) is 10.2 Å². The maximum absolute atomic E-state index is 7.21. The van der Waals surface area contributed by atoms with Crippen molar-refractivity contribution in [2.75, 3.05) is 0 Å². The largest absolute Gasteiger partial charge is 0.167 e. The van der Waals surface area contributed by atoms with Crippen LogP contribution < -0.4 is 21.2 Å². The van der Waals surface area contributed by atoms with E-state index in [1.807, 2.05) is 12.1 Å². The van der Waals surface area contributed by atoms with Crippen molar-refractivity contribution < 1.29 is 0 Å². The Morgan fingerprint density at radius 2 is 0.733 bits per heavy atom. The third kappa shape index (κ3) is 4.14.